The number of nitrogens with zero attached hydrogens (tertiary/aromatic N) is 2. The maximum atomic E-state index is 6.36. The second kappa shape index (κ2) is 6.90. The summed E-state index contributed by atoms with van der Waals surface area (Å²) in [5, 5.41) is 0. The van der Waals surface area contributed by atoms with Gasteiger partial charge in [-0.1, -0.05) is 13.8 Å². The third-order valence-corrected chi connectivity index (χ3v) is 3.90. The molecule has 0 fully saturated rings. The molecular weight excluding hydrogens is 226 g/mol. The van der Waals surface area contributed by atoms with Gasteiger partial charge in [-0.15, -0.1) is 0 Å². The predicted octanol–water partition coefficient (Wildman–Crippen LogP) is 2.28. The molecule has 4 nitrogen and oxygen atoms in total. The summed E-state index contributed by atoms with van der Waals surface area (Å²) in [6, 6.07) is 0.0594. The molecule has 1 unspecified atom stereocenters. The lowest BCUT2D eigenvalue weighted by Crippen LogP contribution is -2.49. The molecule has 104 valence electrons. The maximum Gasteiger partial charge on any atom is 0.108 e. The second-order valence-electron chi connectivity index (χ2n) is 4.80. The Morgan fingerprint density at radius 3 is 2.50 bits per heavy atom. The van der Waals surface area contributed by atoms with Gasteiger partial charge >= 0.3 is 0 Å². The molecule has 0 aliphatic heterocycles. The number of rotatable bonds is 8. The van der Waals surface area contributed by atoms with Crippen molar-refractivity contribution in [1.29, 1.82) is 0 Å². The Kier molecular flexibility index (Phi) is 5.82. The molecule has 1 aromatic rings. The molecule has 0 saturated heterocycles. The minimum Gasteiger partial charge on any atom is -0.374 e. The van der Waals surface area contributed by atoms with Crippen molar-refractivity contribution in [3.63, 3.8) is 0 Å². The van der Waals surface area contributed by atoms with Crippen LogP contribution in [0.15, 0.2) is 12.4 Å². The molecule has 1 aromatic heterocycles. The first-order chi connectivity index (χ1) is 8.59. The third kappa shape index (κ3) is 3.33. The zero-order chi connectivity index (χ0) is 13.6. The van der Waals surface area contributed by atoms with Crippen LogP contribution < -0.4 is 5.73 Å². The lowest BCUT2D eigenvalue weighted by molar-refractivity contribution is -0.0650. The second-order valence-corrected chi connectivity index (χ2v) is 4.80. The molecule has 0 amide bonds. The Labute approximate surface area is 111 Å². The summed E-state index contributed by atoms with van der Waals surface area (Å²) in [6.45, 7) is 7.06. The van der Waals surface area contributed by atoms with Crippen LogP contribution in [0.2, 0.25) is 0 Å². The monoisotopic (exact) mass is 253 g/mol. The lowest BCUT2D eigenvalue weighted by atomic mass is 9.86. The highest BCUT2D eigenvalue weighted by Crippen LogP contribution is 2.26. The van der Waals surface area contributed by atoms with E-state index in [1.165, 1.54) is 0 Å². The van der Waals surface area contributed by atoms with Crippen molar-refractivity contribution in [3.8, 4) is 0 Å². The highest BCUT2D eigenvalue weighted by molar-refractivity contribution is 4.95. The van der Waals surface area contributed by atoms with Crippen molar-refractivity contribution in [2.24, 2.45) is 12.8 Å². The molecule has 1 rings (SSSR count). The van der Waals surface area contributed by atoms with Crippen LogP contribution in [0.5, 0.6) is 0 Å². The van der Waals surface area contributed by atoms with Crippen LogP contribution in [-0.4, -0.2) is 27.8 Å². The summed E-state index contributed by atoms with van der Waals surface area (Å²) < 4.78 is 7.99. The largest absolute Gasteiger partial charge is 0.374 e. The number of aromatic nitrogens is 2. The average Bonchev–Trinajstić information content (AvgIpc) is 2.79. The fourth-order valence-corrected chi connectivity index (χ4v) is 2.56. The zero-order valence-corrected chi connectivity index (χ0v) is 12.1. The predicted molar refractivity (Wildman–Crippen MR) is 74.4 cm³/mol. The van der Waals surface area contributed by atoms with Crippen LogP contribution in [0.25, 0.3) is 0 Å². The van der Waals surface area contributed by atoms with Gasteiger partial charge in [0.05, 0.1) is 5.60 Å². The Hall–Kier alpha value is -0.870. The fraction of sp³-hybridized carbons (Fsp3) is 0.786. The van der Waals surface area contributed by atoms with Crippen molar-refractivity contribution in [2.75, 3.05) is 6.61 Å². The number of hydrogen-bond donors (Lipinski definition) is 1. The summed E-state index contributed by atoms with van der Waals surface area (Å²) in [4.78, 5) is 4.33. The summed E-state index contributed by atoms with van der Waals surface area (Å²) in [5.41, 5.74) is 6.18. The number of hydrogen-bond acceptors (Lipinski definition) is 3. The zero-order valence-electron chi connectivity index (χ0n) is 12.1. The van der Waals surface area contributed by atoms with Crippen LogP contribution in [0.4, 0.5) is 0 Å². The molecule has 2 N–H and O–H groups in total. The van der Waals surface area contributed by atoms with Gasteiger partial charge in [0.25, 0.3) is 0 Å². The molecule has 0 aliphatic carbocycles. The number of nitrogens with two attached hydrogens (primary N) is 1. The third-order valence-electron chi connectivity index (χ3n) is 3.90. The molecule has 4 heteroatoms. The van der Waals surface area contributed by atoms with E-state index in [0.717, 1.165) is 38.1 Å². The van der Waals surface area contributed by atoms with Gasteiger partial charge in [-0.2, -0.15) is 0 Å². The highest BCUT2D eigenvalue weighted by Gasteiger charge is 2.33. The molecular formula is C14H27N3O. The van der Waals surface area contributed by atoms with Gasteiger partial charge in [0.15, 0.2) is 0 Å². The van der Waals surface area contributed by atoms with Crippen LogP contribution in [0.3, 0.4) is 0 Å². The summed E-state index contributed by atoms with van der Waals surface area (Å²) in [7, 11) is 2.02. The van der Waals surface area contributed by atoms with Gasteiger partial charge in [-0.25, -0.2) is 4.98 Å². The van der Waals surface area contributed by atoms with E-state index in [9.17, 15) is 0 Å². The van der Waals surface area contributed by atoms with Crippen molar-refractivity contribution >= 4 is 0 Å². The molecule has 0 spiro atoms. The minimum atomic E-state index is -0.181. The normalized spacial score (nSPS) is 13.8. The van der Waals surface area contributed by atoms with Crippen molar-refractivity contribution in [1.82, 2.24) is 9.55 Å². The van der Waals surface area contributed by atoms with E-state index in [0.29, 0.717) is 0 Å². The summed E-state index contributed by atoms with van der Waals surface area (Å²) >= 11 is 0. The van der Waals surface area contributed by atoms with Gasteiger partial charge in [0, 0.05) is 38.5 Å². The summed E-state index contributed by atoms with van der Waals surface area (Å²) in [6.07, 6.45) is 7.52. The summed E-state index contributed by atoms with van der Waals surface area (Å²) in [5.74, 6) is 1.09. The molecule has 0 saturated carbocycles. The minimum absolute atomic E-state index is 0.0594. The van der Waals surface area contributed by atoms with E-state index >= 15 is 0 Å². The topological polar surface area (TPSA) is 53.1 Å². The highest BCUT2D eigenvalue weighted by atomic mass is 16.5. The van der Waals surface area contributed by atoms with E-state index in [-0.39, 0.29) is 11.6 Å². The first-order valence-electron chi connectivity index (χ1n) is 6.95. The van der Waals surface area contributed by atoms with Crippen LogP contribution in [-0.2, 0) is 18.2 Å². The van der Waals surface area contributed by atoms with E-state index < -0.39 is 0 Å². The van der Waals surface area contributed by atoms with E-state index in [1.807, 2.05) is 30.9 Å². The first-order valence-corrected chi connectivity index (χ1v) is 6.95. The SMILES string of the molecule is CCOC(CC)(CC)C(N)CCc1nccn1C. The maximum absolute atomic E-state index is 6.36. The van der Waals surface area contributed by atoms with Gasteiger partial charge in [-0.05, 0) is 26.2 Å². The number of ether oxygens (including phenoxy) is 1. The van der Waals surface area contributed by atoms with Gasteiger partial charge in [0.1, 0.15) is 5.82 Å². The average molecular weight is 253 g/mol. The van der Waals surface area contributed by atoms with E-state index in [4.69, 9.17) is 10.5 Å². The molecule has 1 heterocycles. The molecule has 0 aliphatic rings. The Balaban J connectivity index is 2.62. The Morgan fingerprint density at radius 2 is 2.06 bits per heavy atom. The molecule has 0 radical (unpaired) electrons. The number of imidazole rings is 1. The Morgan fingerprint density at radius 1 is 1.39 bits per heavy atom. The van der Waals surface area contributed by atoms with Crippen molar-refractivity contribution in [2.45, 2.75) is 58.1 Å². The van der Waals surface area contributed by atoms with Crippen LogP contribution in [0.1, 0.15) is 45.9 Å². The molecule has 0 aromatic carbocycles. The van der Waals surface area contributed by atoms with Crippen LogP contribution >= 0.6 is 0 Å². The Bertz CT molecular complexity index is 345. The smallest absolute Gasteiger partial charge is 0.108 e. The van der Waals surface area contributed by atoms with Gasteiger partial charge < -0.3 is 15.0 Å². The molecule has 1 atom stereocenters. The first kappa shape index (κ1) is 15.2. The van der Waals surface area contributed by atoms with E-state index in [2.05, 4.69) is 18.8 Å². The standard InChI is InChI=1S/C14H27N3O/c1-5-14(6-2,18-7-3)12(15)8-9-13-16-10-11-17(13)4/h10-12H,5-9,15H2,1-4H3. The quantitative estimate of drug-likeness (QED) is 0.773. The fourth-order valence-electron chi connectivity index (χ4n) is 2.56. The van der Waals surface area contributed by atoms with Gasteiger partial charge in [0.2, 0.25) is 0 Å². The van der Waals surface area contributed by atoms with E-state index in [1.54, 1.807) is 0 Å². The van der Waals surface area contributed by atoms with Crippen LogP contribution in [0, 0.1) is 0 Å². The molecule has 18 heavy (non-hydrogen) atoms. The lowest BCUT2D eigenvalue weighted by Gasteiger charge is -2.37. The van der Waals surface area contributed by atoms with Crippen molar-refractivity contribution < 1.29 is 4.74 Å². The van der Waals surface area contributed by atoms with Crippen molar-refractivity contribution in [3.05, 3.63) is 18.2 Å². The molecule has 0 bridgehead atoms. The number of aryl methyl sites for hydroxylation is 2. The van der Waals surface area contributed by atoms with Gasteiger partial charge in [-0.3, -0.25) is 0 Å².